The number of anilines is 1. The number of amides is 1. The van der Waals surface area contributed by atoms with Crippen molar-refractivity contribution in [2.75, 3.05) is 5.32 Å². The van der Waals surface area contributed by atoms with E-state index in [2.05, 4.69) is 25.6 Å². The number of benzene rings is 1. The summed E-state index contributed by atoms with van der Waals surface area (Å²) >= 11 is 1.62. The van der Waals surface area contributed by atoms with E-state index in [0.717, 1.165) is 33.2 Å². The van der Waals surface area contributed by atoms with Crippen molar-refractivity contribution in [2.45, 2.75) is 20.8 Å². The summed E-state index contributed by atoms with van der Waals surface area (Å²) in [7, 11) is 1.89. The number of thiazole rings is 1. The van der Waals surface area contributed by atoms with Gasteiger partial charge in [0.25, 0.3) is 5.91 Å². The van der Waals surface area contributed by atoms with Crippen LogP contribution < -0.4 is 5.32 Å². The van der Waals surface area contributed by atoms with Crippen molar-refractivity contribution in [3.8, 4) is 22.5 Å². The van der Waals surface area contributed by atoms with E-state index in [1.165, 1.54) is 0 Å². The summed E-state index contributed by atoms with van der Waals surface area (Å²) in [5, 5.41) is 17.5. The molecule has 0 aliphatic carbocycles. The molecule has 3 heterocycles. The number of aromatic nitrogens is 5. The van der Waals surface area contributed by atoms with Crippen LogP contribution in [0.3, 0.4) is 0 Å². The molecule has 1 amide bonds. The zero-order valence-corrected chi connectivity index (χ0v) is 16.9. The highest BCUT2D eigenvalue weighted by Crippen LogP contribution is 2.26. The van der Waals surface area contributed by atoms with Crippen molar-refractivity contribution < 1.29 is 4.79 Å². The van der Waals surface area contributed by atoms with Gasteiger partial charge in [0.15, 0.2) is 0 Å². The Labute approximate surface area is 166 Å². The number of nitrogens with zero attached hydrogens (tertiary/aromatic N) is 4. The molecule has 0 unspecified atom stereocenters. The maximum atomic E-state index is 12.6. The van der Waals surface area contributed by atoms with Gasteiger partial charge >= 0.3 is 0 Å². The number of aryl methyl sites for hydroxylation is 3. The van der Waals surface area contributed by atoms with E-state index in [1.54, 1.807) is 17.4 Å². The van der Waals surface area contributed by atoms with Crippen LogP contribution in [0.4, 0.5) is 5.69 Å². The molecule has 0 fully saturated rings. The molecule has 28 heavy (non-hydrogen) atoms. The van der Waals surface area contributed by atoms with E-state index in [-0.39, 0.29) is 5.91 Å². The van der Waals surface area contributed by atoms with Gasteiger partial charge in [-0.15, -0.1) is 11.3 Å². The molecule has 7 nitrogen and oxygen atoms in total. The standard InChI is InChI=1S/C20H20N6OS/c1-11-19(12(2)26(4)25-11)16-9-17(24-23-16)20(27)22-15-7-5-14(6-8-15)18-10-28-13(3)21-18/h5-10H,1-4H3,(H,22,27)(H,23,24). The third-order valence-electron chi connectivity index (χ3n) is 4.65. The molecular formula is C20H20N6OS. The van der Waals surface area contributed by atoms with Gasteiger partial charge in [0, 0.05) is 34.9 Å². The Hall–Kier alpha value is -3.26. The summed E-state index contributed by atoms with van der Waals surface area (Å²) < 4.78 is 1.81. The van der Waals surface area contributed by atoms with Crippen LogP contribution in [0.1, 0.15) is 26.9 Å². The maximum absolute atomic E-state index is 12.6. The quantitative estimate of drug-likeness (QED) is 0.547. The zero-order chi connectivity index (χ0) is 19.8. The first-order valence-electron chi connectivity index (χ1n) is 8.82. The molecule has 0 saturated carbocycles. The molecule has 0 aliphatic heterocycles. The lowest BCUT2D eigenvalue weighted by Gasteiger charge is -2.04. The minimum absolute atomic E-state index is 0.241. The molecular weight excluding hydrogens is 372 g/mol. The third-order valence-corrected chi connectivity index (χ3v) is 5.42. The van der Waals surface area contributed by atoms with Gasteiger partial charge in [-0.25, -0.2) is 4.98 Å². The Kier molecular flexibility index (Phi) is 4.56. The lowest BCUT2D eigenvalue weighted by molar-refractivity contribution is 0.102. The van der Waals surface area contributed by atoms with Crippen LogP contribution in [0.15, 0.2) is 35.7 Å². The van der Waals surface area contributed by atoms with Crippen molar-refractivity contribution in [3.63, 3.8) is 0 Å². The molecule has 0 spiro atoms. The van der Waals surface area contributed by atoms with Crippen LogP contribution in [0.25, 0.3) is 22.5 Å². The summed E-state index contributed by atoms with van der Waals surface area (Å²) in [5.74, 6) is -0.241. The molecule has 2 N–H and O–H groups in total. The molecule has 0 saturated heterocycles. The second kappa shape index (κ2) is 7.05. The number of nitrogens with one attached hydrogen (secondary N) is 2. The average molecular weight is 392 g/mol. The van der Waals surface area contributed by atoms with Crippen molar-refractivity contribution in [1.82, 2.24) is 25.0 Å². The van der Waals surface area contributed by atoms with E-state index in [0.29, 0.717) is 17.1 Å². The van der Waals surface area contributed by atoms with E-state index >= 15 is 0 Å². The Bertz CT molecular complexity index is 1150. The Morgan fingerprint density at radius 1 is 1.14 bits per heavy atom. The first kappa shape index (κ1) is 18.1. The first-order chi connectivity index (χ1) is 13.4. The van der Waals surface area contributed by atoms with Gasteiger partial charge in [-0.05, 0) is 39.0 Å². The van der Waals surface area contributed by atoms with Crippen molar-refractivity contribution >= 4 is 22.9 Å². The highest BCUT2D eigenvalue weighted by Gasteiger charge is 2.17. The van der Waals surface area contributed by atoms with Gasteiger partial charge in [0.2, 0.25) is 0 Å². The number of aromatic amines is 1. The molecule has 0 atom stereocenters. The number of carbonyl (C=O) groups is 1. The molecule has 4 aromatic rings. The molecule has 8 heteroatoms. The van der Waals surface area contributed by atoms with E-state index in [1.807, 2.05) is 62.1 Å². The summed E-state index contributed by atoms with van der Waals surface area (Å²) in [4.78, 5) is 17.1. The van der Waals surface area contributed by atoms with E-state index in [4.69, 9.17) is 0 Å². The van der Waals surface area contributed by atoms with Gasteiger partial charge in [-0.3, -0.25) is 14.6 Å². The highest BCUT2D eigenvalue weighted by atomic mass is 32.1. The van der Waals surface area contributed by atoms with Crippen LogP contribution in [0.2, 0.25) is 0 Å². The Balaban J connectivity index is 1.51. The lowest BCUT2D eigenvalue weighted by Crippen LogP contribution is -2.12. The summed E-state index contributed by atoms with van der Waals surface area (Å²) in [6.07, 6.45) is 0. The molecule has 0 radical (unpaired) electrons. The Morgan fingerprint density at radius 2 is 1.89 bits per heavy atom. The fourth-order valence-corrected chi connectivity index (χ4v) is 3.75. The number of rotatable bonds is 4. The van der Waals surface area contributed by atoms with Crippen molar-refractivity contribution in [1.29, 1.82) is 0 Å². The molecule has 142 valence electrons. The van der Waals surface area contributed by atoms with Gasteiger partial charge in [-0.1, -0.05) is 12.1 Å². The smallest absolute Gasteiger partial charge is 0.273 e. The third kappa shape index (κ3) is 3.34. The van der Waals surface area contributed by atoms with Gasteiger partial charge in [0.05, 0.1) is 22.1 Å². The normalized spacial score (nSPS) is 11.0. The summed E-state index contributed by atoms with van der Waals surface area (Å²) in [6, 6.07) is 9.39. The molecule has 0 bridgehead atoms. The van der Waals surface area contributed by atoms with Crippen LogP contribution in [0, 0.1) is 20.8 Å². The minimum Gasteiger partial charge on any atom is -0.321 e. The predicted octanol–water partition coefficient (Wildman–Crippen LogP) is 4.11. The fourth-order valence-electron chi connectivity index (χ4n) is 3.13. The van der Waals surface area contributed by atoms with Gasteiger partial charge in [-0.2, -0.15) is 10.2 Å². The van der Waals surface area contributed by atoms with Crippen LogP contribution >= 0.6 is 11.3 Å². The zero-order valence-electron chi connectivity index (χ0n) is 16.1. The molecule has 3 aromatic heterocycles. The maximum Gasteiger partial charge on any atom is 0.273 e. The average Bonchev–Trinajstić information content (AvgIpc) is 3.36. The number of H-pyrrole nitrogens is 1. The van der Waals surface area contributed by atoms with Crippen LogP contribution in [0.5, 0.6) is 0 Å². The predicted molar refractivity (Wildman–Crippen MR) is 111 cm³/mol. The van der Waals surface area contributed by atoms with Gasteiger partial charge < -0.3 is 5.32 Å². The fraction of sp³-hybridized carbons (Fsp3) is 0.200. The molecule has 1 aromatic carbocycles. The first-order valence-corrected chi connectivity index (χ1v) is 9.70. The number of hydrogen-bond acceptors (Lipinski definition) is 5. The highest BCUT2D eigenvalue weighted by molar-refractivity contribution is 7.09. The van der Waals surface area contributed by atoms with Crippen molar-refractivity contribution in [3.05, 3.63) is 57.8 Å². The monoisotopic (exact) mass is 392 g/mol. The van der Waals surface area contributed by atoms with Gasteiger partial charge in [0.1, 0.15) is 5.69 Å². The summed E-state index contributed by atoms with van der Waals surface area (Å²) in [5.41, 5.74) is 6.62. The molecule has 4 rings (SSSR count). The number of hydrogen-bond donors (Lipinski definition) is 2. The van der Waals surface area contributed by atoms with E-state index < -0.39 is 0 Å². The minimum atomic E-state index is -0.241. The molecule has 0 aliphatic rings. The lowest BCUT2D eigenvalue weighted by atomic mass is 10.1. The van der Waals surface area contributed by atoms with Crippen LogP contribution in [-0.4, -0.2) is 30.9 Å². The second-order valence-corrected chi connectivity index (χ2v) is 7.68. The SMILES string of the molecule is Cc1nc(-c2ccc(NC(=O)c3cc(-c4c(C)nn(C)c4C)n[nH]3)cc2)cs1. The largest absolute Gasteiger partial charge is 0.321 e. The topological polar surface area (TPSA) is 88.5 Å². The van der Waals surface area contributed by atoms with Crippen LogP contribution in [-0.2, 0) is 7.05 Å². The Morgan fingerprint density at radius 3 is 2.50 bits per heavy atom. The number of carbonyl (C=O) groups excluding carboxylic acids is 1. The van der Waals surface area contributed by atoms with Crippen molar-refractivity contribution in [2.24, 2.45) is 7.05 Å². The second-order valence-electron chi connectivity index (χ2n) is 6.62. The van der Waals surface area contributed by atoms with E-state index in [9.17, 15) is 4.79 Å². The summed E-state index contributed by atoms with van der Waals surface area (Å²) in [6.45, 7) is 5.90.